The van der Waals surface area contributed by atoms with Crippen LogP contribution in [0, 0.1) is 0 Å². The van der Waals surface area contributed by atoms with Gasteiger partial charge < -0.3 is 15.2 Å². The number of aromatic amines is 1. The number of H-pyrrole nitrogens is 1. The third kappa shape index (κ3) is 3.30. The maximum absolute atomic E-state index is 12.3. The maximum Gasteiger partial charge on any atom is 0.228 e. The van der Waals surface area contributed by atoms with Gasteiger partial charge in [-0.15, -0.1) is 0 Å². The van der Waals surface area contributed by atoms with Gasteiger partial charge in [-0.2, -0.15) is 0 Å². The van der Waals surface area contributed by atoms with Gasteiger partial charge in [-0.25, -0.2) is 0 Å². The van der Waals surface area contributed by atoms with E-state index >= 15 is 0 Å². The number of carbonyl (C=O) groups is 2. The third-order valence-electron chi connectivity index (χ3n) is 4.04. The molecule has 0 aliphatic heterocycles. The van der Waals surface area contributed by atoms with Crippen molar-refractivity contribution in [3.63, 3.8) is 0 Å². The molecular formula is C19H19N3O2. The third-order valence-corrected chi connectivity index (χ3v) is 4.04. The van der Waals surface area contributed by atoms with Gasteiger partial charge in [0.1, 0.15) is 0 Å². The van der Waals surface area contributed by atoms with Crippen LogP contribution in [0.1, 0.15) is 12.5 Å². The summed E-state index contributed by atoms with van der Waals surface area (Å²) in [5, 5.41) is 3.95. The van der Waals surface area contributed by atoms with Crippen LogP contribution in [-0.2, 0) is 16.0 Å². The lowest BCUT2D eigenvalue weighted by Gasteiger charge is -2.15. The highest BCUT2D eigenvalue weighted by Crippen LogP contribution is 2.20. The highest BCUT2D eigenvalue weighted by molar-refractivity contribution is 5.96. The first-order chi connectivity index (χ1) is 11.5. The number of nitrogens with zero attached hydrogens (tertiary/aromatic N) is 1. The van der Waals surface area contributed by atoms with Gasteiger partial charge in [-0.1, -0.05) is 18.2 Å². The number of carbonyl (C=O) groups excluding carboxylic acids is 2. The van der Waals surface area contributed by atoms with Crippen LogP contribution in [0.2, 0.25) is 0 Å². The van der Waals surface area contributed by atoms with Crippen LogP contribution in [0.25, 0.3) is 10.9 Å². The first-order valence-corrected chi connectivity index (χ1v) is 7.74. The number of aromatic nitrogens is 1. The molecule has 1 aromatic heterocycles. The Morgan fingerprint density at radius 2 is 1.79 bits per heavy atom. The van der Waals surface area contributed by atoms with Crippen LogP contribution < -0.4 is 10.2 Å². The van der Waals surface area contributed by atoms with Crippen molar-refractivity contribution in [1.82, 2.24) is 4.98 Å². The molecule has 24 heavy (non-hydrogen) atoms. The molecule has 5 nitrogen and oxygen atoms in total. The summed E-state index contributed by atoms with van der Waals surface area (Å²) >= 11 is 0. The predicted molar refractivity (Wildman–Crippen MR) is 96.2 cm³/mol. The molecule has 2 aromatic carbocycles. The fourth-order valence-corrected chi connectivity index (χ4v) is 2.61. The summed E-state index contributed by atoms with van der Waals surface area (Å²) in [6.45, 7) is 1.51. The zero-order valence-electron chi connectivity index (χ0n) is 13.7. The fourth-order valence-electron chi connectivity index (χ4n) is 2.61. The smallest absolute Gasteiger partial charge is 0.228 e. The van der Waals surface area contributed by atoms with Crippen molar-refractivity contribution in [3.05, 3.63) is 60.3 Å². The van der Waals surface area contributed by atoms with Crippen LogP contribution >= 0.6 is 0 Å². The minimum atomic E-state index is -0.0765. The standard InChI is InChI=1S/C19H19N3O2/c1-13(23)22(2)16-9-7-15(8-10-16)21-19(24)11-14-12-20-18-6-4-3-5-17(14)18/h3-10,12,20H,11H2,1-2H3,(H,21,24). The van der Waals surface area contributed by atoms with Crippen molar-refractivity contribution in [2.75, 3.05) is 17.3 Å². The van der Waals surface area contributed by atoms with E-state index in [0.29, 0.717) is 12.1 Å². The summed E-state index contributed by atoms with van der Waals surface area (Å²) in [7, 11) is 1.72. The van der Waals surface area contributed by atoms with E-state index in [9.17, 15) is 9.59 Å². The lowest BCUT2D eigenvalue weighted by atomic mass is 10.1. The largest absolute Gasteiger partial charge is 0.361 e. The zero-order chi connectivity index (χ0) is 17.1. The molecule has 2 amide bonds. The maximum atomic E-state index is 12.3. The van der Waals surface area contributed by atoms with Gasteiger partial charge in [0.25, 0.3) is 0 Å². The topological polar surface area (TPSA) is 65.2 Å². The van der Waals surface area contributed by atoms with E-state index in [1.54, 1.807) is 24.1 Å². The molecule has 0 saturated carbocycles. The van der Waals surface area contributed by atoms with Gasteiger partial charge in [0, 0.05) is 42.4 Å². The van der Waals surface area contributed by atoms with Gasteiger partial charge in [0.15, 0.2) is 0 Å². The lowest BCUT2D eigenvalue weighted by molar-refractivity contribution is -0.116. The van der Waals surface area contributed by atoms with Gasteiger partial charge in [-0.3, -0.25) is 9.59 Å². The SMILES string of the molecule is CC(=O)N(C)c1ccc(NC(=O)Cc2c[nH]c3ccccc23)cc1. The second-order valence-corrected chi connectivity index (χ2v) is 5.71. The van der Waals surface area contributed by atoms with E-state index in [0.717, 1.165) is 22.2 Å². The molecule has 0 aliphatic rings. The Kier molecular flexibility index (Phi) is 4.33. The van der Waals surface area contributed by atoms with Gasteiger partial charge >= 0.3 is 0 Å². The summed E-state index contributed by atoms with van der Waals surface area (Å²) in [6, 6.07) is 15.1. The van der Waals surface area contributed by atoms with Crippen molar-refractivity contribution in [2.45, 2.75) is 13.3 Å². The van der Waals surface area contributed by atoms with Gasteiger partial charge in [0.05, 0.1) is 6.42 Å². The van der Waals surface area contributed by atoms with Crippen molar-refractivity contribution >= 4 is 34.1 Å². The normalized spacial score (nSPS) is 10.6. The number of hydrogen-bond acceptors (Lipinski definition) is 2. The van der Waals surface area contributed by atoms with Crippen molar-refractivity contribution in [3.8, 4) is 0 Å². The average molecular weight is 321 g/mol. The molecule has 3 aromatic rings. The molecule has 5 heteroatoms. The average Bonchev–Trinajstić information content (AvgIpc) is 2.98. The molecule has 3 rings (SSSR count). The van der Waals surface area contributed by atoms with Gasteiger partial charge in [-0.05, 0) is 35.9 Å². The summed E-state index contributed by atoms with van der Waals surface area (Å²) < 4.78 is 0. The molecule has 0 unspecified atom stereocenters. The molecule has 0 spiro atoms. The molecule has 0 fully saturated rings. The van der Waals surface area contributed by atoms with E-state index in [1.165, 1.54) is 6.92 Å². The second-order valence-electron chi connectivity index (χ2n) is 5.71. The zero-order valence-corrected chi connectivity index (χ0v) is 13.7. The monoisotopic (exact) mass is 321 g/mol. The van der Waals surface area contributed by atoms with Crippen LogP contribution in [0.4, 0.5) is 11.4 Å². The van der Waals surface area contributed by atoms with E-state index in [-0.39, 0.29) is 11.8 Å². The Labute approximate surface area is 140 Å². The van der Waals surface area contributed by atoms with E-state index in [4.69, 9.17) is 0 Å². The van der Waals surface area contributed by atoms with Crippen molar-refractivity contribution < 1.29 is 9.59 Å². The second kappa shape index (κ2) is 6.58. The quantitative estimate of drug-likeness (QED) is 0.774. The van der Waals surface area contributed by atoms with Crippen molar-refractivity contribution in [2.24, 2.45) is 0 Å². The van der Waals surface area contributed by atoms with Crippen LogP contribution in [-0.4, -0.2) is 23.8 Å². The summed E-state index contributed by atoms with van der Waals surface area (Å²) in [4.78, 5) is 28.3. The Morgan fingerprint density at radius 3 is 2.50 bits per heavy atom. The Balaban J connectivity index is 1.68. The molecule has 122 valence electrons. The highest BCUT2D eigenvalue weighted by atomic mass is 16.2. The summed E-state index contributed by atoms with van der Waals surface area (Å²) in [5.74, 6) is -0.112. The molecule has 1 heterocycles. The molecule has 2 N–H and O–H groups in total. The number of hydrogen-bond donors (Lipinski definition) is 2. The number of anilines is 2. The van der Waals surface area contributed by atoms with Gasteiger partial charge in [0.2, 0.25) is 11.8 Å². The summed E-state index contributed by atoms with van der Waals surface area (Å²) in [5.41, 5.74) is 3.49. The number of amides is 2. The minimum absolute atomic E-state index is 0.0360. The number of nitrogens with one attached hydrogen (secondary N) is 2. The molecule has 0 radical (unpaired) electrons. The molecule has 0 atom stereocenters. The van der Waals surface area contributed by atoms with Crippen LogP contribution in [0.5, 0.6) is 0 Å². The number of para-hydroxylation sites is 1. The molecule has 0 saturated heterocycles. The Hall–Kier alpha value is -3.08. The fraction of sp³-hybridized carbons (Fsp3) is 0.158. The van der Waals surface area contributed by atoms with Crippen LogP contribution in [0.15, 0.2) is 54.7 Å². The van der Waals surface area contributed by atoms with E-state index in [2.05, 4.69) is 10.3 Å². The molecule has 0 bridgehead atoms. The minimum Gasteiger partial charge on any atom is -0.361 e. The summed E-state index contributed by atoms with van der Waals surface area (Å²) in [6.07, 6.45) is 2.17. The lowest BCUT2D eigenvalue weighted by Crippen LogP contribution is -2.22. The molecular weight excluding hydrogens is 302 g/mol. The first-order valence-electron chi connectivity index (χ1n) is 7.74. The highest BCUT2D eigenvalue weighted by Gasteiger charge is 2.10. The predicted octanol–water partition coefficient (Wildman–Crippen LogP) is 3.33. The number of rotatable bonds is 4. The van der Waals surface area contributed by atoms with E-state index in [1.807, 2.05) is 42.6 Å². The first kappa shape index (κ1) is 15.8. The van der Waals surface area contributed by atoms with Crippen LogP contribution in [0.3, 0.4) is 0 Å². The van der Waals surface area contributed by atoms with Crippen molar-refractivity contribution in [1.29, 1.82) is 0 Å². The number of benzene rings is 2. The molecule has 0 aliphatic carbocycles. The number of fused-ring (bicyclic) bond motifs is 1. The Morgan fingerprint density at radius 1 is 1.08 bits per heavy atom. The van der Waals surface area contributed by atoms with E-state index < -0.39 is 0 Å². The Bertz CT molecular complexity index is 881.